The van der Waals surface area contributed by atoms with Gasteiger partial charge in [-0.3, -0.25) is 14.8 Å². The number of hydrogen-bond donors (Lipinski definition) is 2. The molecule has 3 N–H and O–H groups in total. The lowest BCUT2D eigenvalue weighted by atomic mass is 9.94. The zero-order valence-corrected chi connectivity index (χ0v) is 11.3. The molecule has 1 aliphatic rings. The van der Waals surface area contributed by atoms with E-state index in [9.17, 15) is 4.79 Å². The molecule has 0 spiro atoms. The molecule has 0 saturated heterocycles. The van der Waals surface area contributed by atoms with Gasteiger partial charge in [0.25, 0.3) is 0 Å². The van der Waals surface area contributed by atoms with Crippen molar-refractivity contribution in [3.63, 3.8) is 0 Å². The molecule has 1 heterocycles. The Morgan fingerprint density at radius 1 is 1.56 bits per heavy atom. The third kappa shape index (κ3) is 3.06. The van der Waals surface area contributed by atoms with Crippen molar-refractivity contribution in [3.8, 4) is 0 Å². The minimum absolute atomic E-state index is 0.403. The van der Waals surface area contributed by atoms with Gasteiger partial charge in [-0.05, 0) is 31.1 Å². The number of hydrogen-bond acceptors (Lipinski definition) is 4. The lowest BCUT2D eigenvalue weighted by Gasteiger charge is -2.18. The number of aliphatic imine (C=N–C) groups is 2. The number of carbonyl (C=O) groups excluding carboxylic acids is 1. The van der Waals surface area contributed by atoms with Crippen LogP contribution in [0.2, 0.25) is 0 Å². The highest BCUT2D eigenvalue weighted by Crippen LogP contribution is 2.19. The lowest BCUT2D eigenvalue weighted by molar-refractivity contribution is -0.119. The molecule has 1 atom stereocenters. The Bertz CT molecular complexity index is 458. The number of dihydropyridines is 1. The summed E-state index contributed by atoms with van der Waals surface area (Å²) in [6.07, 6.45) is 4.02. The molecule has 0 aromatic rings. The number of amides is 1. The maximum atomic E-state index is 11.2. The van der Waals surface area contributed by atoms with Gasteiger partial charge in [-0.2, -0.15) is 0 Å². The Kier molecular flexibility index (Phi) is 4.83. The molecule has 0 aliphatic carbocycles. The van der Waals surface area contributed by atoms with Crippen LogP contribution in [-0.2, 0) is 4.79 Å². The monoisotopic (exact) mass is 248 g/mol. The second-order valence-electron chi connectivity index (χ2n) is 4.18. The first-order valence-electron chi connectivity index (χ1n) is 5.85. The molecular formula is C13H20N4O. The van der Waals surface area contributed by atoms with Crippen molar-refractivity contribution < 1.29 is 4.79 Å². The van der Waals surface area contributed by atoms with E-state index in [0.29, 0.717) is 6.42 Å². The van der Waals surface area contributed by atoms with Crippen LogP contribution in [0.4, 0.5) is 0 Å². The zero-order chi connectivity index (χ0) is 13.7. The molecule has 0 bridgehead atoms. The molecule has 5 heteroatoms. The van der Waals surface area contributed by atoms with Gasteiger partial charge in [0.15, 0.2) is 0 Å². The van der Waals surface area contributed by atoms with Gasteiger partial charge in [-0.25, -0.2) is 0 Å². The fourth-order valence-corrected chi connectivity index (χ4v) is 1.83. The van der Waals surface area contributed by atoms with Crippen LogP contribution in [0.25, 0.3) is 0 Å². The fourth-order valence-electron chi connectivity index (χ4n) is 1.83. The largest absolute Gasteiger partial charge is 0.391 e. The normalized spacial score (nSPS) is 21.2. The van der Waals surface area contributed by atoms with Gasteiger partial charge in [0, 0.05) is 32.4 Å². The predicted octanol–water partition coefficient (Wildman–Crippen LogP) is 0.825. The summed E-state index contributed by atoms with van der Waals surface area (Å²) in [4.78, 5) is 19.6. The van der Waals surface area contributed by atoms with E-state index in [0.717, 1.165) is 22.6 Å². The Morgan fingerprint density at radius 3 is 2.72 bits per heavy atom. The highest BCUT2D eigenvalue weighted by molar-refractivity contribution is 6.14. The van der Waals surface area contributed by atoms with Gasteiger partial charge >= 0.3 is 0 Å². The van der Waals surface area contributed by atoms with E-state index < -0.39 is 11.9 Å². The lowest BCUT2D eigenvalue weighted by Crippen LogP contribution is -2.30. The van der Waals surface area contributed by atoms with Crippen LogP contribution in [0.15, 0.2) is 32.9 Å². The molecule has 0 aromatic heterocycles. The molecule has 0 radical (unpaired) electrons. The standard InChI is InChI=1S/C13H20N4O/c1-8(9(2)15-3)12(16-4)10-5-6-17-11(7-10)13(14)18/h5-6,11,15H,7H2,1-4H3,(H2,14,18)/b9-8+,16-12?. The first-order valence-corrected chi connectivity index (χ1v) is 5.85. The molecule has 18 heavy (non-hydrogen) atoms. The molecular weight excluding hydrogens is 228 g/mol. The Balaban J connectivity index is 3.03. The van der Waals surface area contributed by atoms with Crippen LogP contribution in [-0.4, -0.2) is 38.0 Å². The SMILES string of the molecule is CN=C(C1=CC=NC(C(N)=O)C1)/C(C)=C(\C)NC. The van der Waals surface area contributed by atoms with E-state index in [1.165, 1.54) is 0 Å². The van der Waals surface area contributed by atoms with Crippen LogP contribution in [0, 0.1) is 0 Å². The van der Waals surface area contributed by atoms with Crippen molar-refractivity contribution >= 4 is 17.8 Å². The predicted molar refractivity (Wildman–Crippen MR) is 75.0 cm³/mol. The molecule has 1 amide bonds. The summed E-state index contributed by atoms with van der Waals surface area (Å²) in [5.41, 5.74) is 9.28. The van der Waals surface area contributed by atoms with Crippen molar-refractivity contribution in [1.82, 2.24) is 5.32 Å². The Labute approximate surface area is 108 Å². The van der Waals surface area contributed by atoms with E-state index >= 15 is 0 Å². The van der Waals surface area contributed by atoms with E-state index in [-0.39, 0.29) is 0 Å². The molecule has 1 aliphatic heterocycles. The van der Waals surface area contributed by atoms with Crippen LogP contribution in [0.5, 0.6) is 0 Å². The molecule has 1 unspecified atom stereocenters. The maximum Gasteiger partial charge on any atom is 0.242 e. The highest BCUT2D eigenvalue weighted by Gasteiger charge is 2.21. The molecule has 0 aromatic carbocycles. The number of carbonyl (C=O) groups is 1. The Morgan fingerprint density at radius 2 is 2.22 bits per heavy atom. The zero-order valence-electron chi connectivity index (χ0n) is 11.3. The summed E-state index contributed by atoms with van der Waals surface area (Å²) in [5.74, 6) is -0.403. The quantitative estimate of drug-likeness (QED) is 0.722. The summed E-state index contributed by atoms with van der Waals surface area (Å²) >= 11 is 0. The fraction of sp³-hybridized carbons (Fsp3) is 0.462. The van der Waals surface area contributed by atoms with E-state index in [2.05, 4.69) is 15.3 Å². The number of nitrogens with zero attached hydrogens (tertiary/aromatic N) is 2. The van der Waals surface area contributed by atoms with Gasteiger partial charge in [-0.15, -0.1) is 0 Å². The third-order valence-electron chi connectivity index (χ3n) is 3.10. The van der Waals surface area contributed by atoms with E-state index in [1.54, 1.807) is 13.3 Å². The minimum atomic E-state index is -0.482. The van der Waals surface area contributed by atoms with Crippen molar-refractivity contribution in [1.29, 1.82) is 0 Å². The van der Waals surface area contributed by atoms with Gasteiger partial charge in [0.1, 0.15) is 6.04 Å². The summed E-state index contributed by atoms with van der Waals surface area (Å²) < 4.78 is 0. The van der Waals surface area contributed by atoms with Gasteiger partial charge < -0.3 is 11.1 Å². The Hall–Kier alpha value is -1.91. The van der Waals surface area contributed by atoms with Gasteiger partial charge in [-0.1, -0.05) is 0 Å². The summed E-state index contributed by atoms with van der Waals surface area (Å²) in [5, 5.41) is 3.10. The average molecular weight is 248 g/mol. The number of nitrogens with two attached hydrogens (primary N) is 1. The van der Waals surface area contributed by atoms with Crippen LogP contribution >= 0.6 is 0 Å². The first kappa shape index (κ1) is 14.2. The van der Waals surface area contributed by atoms with Crippen molar-refractivity contribution in [2.75, 3.05) is 14.1 Å². The van der Waals surface area contributed by atoms with Crippen LogP contribution in [0.3, 0.4) is 0 Å². The van der Waals surface area contributed by atoms with Crippen molar-refractivity contribution in [3.05, 3.63) is 22.9 Å². The second-order valence-corrected chi connectivity index (χ2v) is 4.18. The van der Waals surface area contributed by atoms with Crippen LogP contribution in [0.1, 0.15) is 20.3 Å². The number of nitrogens with one attached hydrogen (secondary N) is 1. The highest BCUT2D eigenvalue weighted by atomic mass is 16.1. The molecule has 5 nitrogen and oxygen atoms in total. The number of primary amides is 1. The second kappa shape index (κ2) is 6.14. The molecule has 0 saturated carbocycles. The van der Waals surface area contributed by atoms with Gasteiger partial charge in [0.2, 0.25) is 5.91 Å². The minimum Gasteiger partial charge on any atom is -0.391 e. The third-order valence-corrected chi connectivity index (χ3v) is 3.10. The smallest absolute Gasteiger partial charge is 0.242 e. The topological polar surface area (TPSA) is 79.8 Å². The van der Waals surface area contributed by atoms with Crippen LogP contribution < -0.4 is 11.1 Å². The average Bonchev–Trinajstić information content (AvgIpc) is 2.38. The van der Waals surface area contributed by atoms with Crippen molar-refractivity contribution in [2.45, 2.75) is 26.3 Å². The maximum absolute atomic E-state index is 11.2. The summed E-state index contributed by atoms with van der Waals surface area (Å²) in [7, 11) is 3.61. The molecule has 1 rings (SSSR count). The molecule has 0 fully saturated rings. The van der Waals surface area contributed by atoms with E-state index in [4.69, 9.17) is 5.73 Å². The summed E-state index contributed by atoms with van der Waals surface area (Å²) in [6, 6.07) is -0.482. The summed E-state index contributed by atoms with van der Waals surface area (Å²) in [6.45, 7) is 3.99. The van der Waals surface area contributed by atoms with E-state index in [1.807, 2.05) is 27.0 Å². The number of allylic oxidation sites excluding steroid dienone is 3. The number of rotatable bonds is 4. The molecule has 98 valence electrons. The first-order chi connectivity index (χ1) is 8.51. The van der Waals surface area contributed by atoms with Crippen molar-refractivity contribution in [2.24, 2.45) is 15.7 Å². The van der Waals surface area contributed by atoms with Gasteiger partial charge in [0.05, 0.1) is 5.71 Å².